The molecule has 0 atom stereocenters. The van der Waals surface area contributed by atoms with Crippen LogP contribution in [0.1, 0.15) is 12.0 Å². The van der Waals surface area contributed by atoms with Gasteiger partial charge in [-0.05, 0) is 42.3 Å². The van der Waals surface area contributed by atoms with Crippen LogP contribution in [0.2, 0.25) is 0 Å². The largest absolute Gasteiger partial charge is 0.379 e. The van der Waals surface area contributed by atoms with Gasteiger partial charge in [0, 0.05) is 38.1 Å². The molecule has 1 aliphatic heterocycles. The number of aryl methyl sites for hydroxylation is 1. The lowest BCUT2D eigenvalue weighted by atomic mass is 10.1. The minimum absolute atomic E-state index is 0.161. The summed E-state index contributed by atoms with van der Waals surface area (Å²) in [5.74, 6) is 0.380. The van der Waals surface area contributed by atoms with Crippen LogP contribution in [0, 0.1) is 0 Å². The first kappa shape index (κ1) is 21.2. The maximum Gasteiger partial charge on any atom is 0.243 e. The van der Waals surface area contributed by atoms with Gasteiger partial charge in [0.05, 0.1) is 23.8 Å². The number of rotatable bonds is 7. The number of nitrogens with one attached hydrogen (secondary N) is 1. The Kier molecular flexibility index (Phi) is 6.40. The van der Waals surface area contributed by atoms with Crippen molar-refractivity contribution in [3.63, 3.8) is 0 Å². The van der Waals surface area contributed by atoms with Gasteiger partial charge in [-0.3, -0.25) is 4.79 Å². The van der Waals surface area contributed by atoms with Gasteiger partial charge in [0.25, 0.3) is 0 Å². The fourth-order valence-corrected chi connectivity index (χ4v) is 4.71. The molecule has 1 fully saturated rings. The Morgan fingerprint density at radius 3 is 2.55 bits per heavy atom. The molecular formula is C21H23N5O4S. The van der Waals surface area contributed by atoms with Crippen molar-refractivity contribution in [2.24, 2.45) is 0 Å². The number of ether oxygens (including phenoxy) is 1. The van der Waals surface area contributed by atoms with E-state index in [1.165, 1.54) is 4.31 Å². The van der Waals surface area contributed by atoms with E-state index in [4.69, 9.17) is 4.74 Å². The molecule has 31 heavy (non-hydrogen) atoms. The van der Waals surface area contributed by atoms with E-state index in [2.05, 4.69) is 15.4 Å². The van der Waals surface area contributed by atoms with Gasteiger partial charge in [0.1, 0.15) is 0 Å². The number of carbonyl (C=O) groups excluding carboxylic acids is 1. The number of amides is 1. The fraction of sp³-hybridized carbons (Fsp3) is 0.286. The zero-order chi connectivity index (χ0) is 21.7. The second-order valence-electron chi connectivity index (χ2n) is 7.03. The summed E-state index contributed by atoms with van der Waals surface area (Å²) in [6.07, 6.45) is 5.77. The lowest BCUT2D eigenvalue weighted by Crippen LogP contribution is -2.40. The van der Waals surface area contributed by atoms with Gasteiger partial charge in [0.15, 0.2) is 5.82 Å². The third-order valence-corrected chi connectivity index (χ3v) is 6.87. The van der Waals surface area contributed by atoms with E-state index in [1.807, 2.05) is 0 Å². The zero-order valence-corrected chi connectivity index (χ0v) is 17.7. The van der Waals surface area contributed by atoms with E-state index in [1.54, 1.807) is 65.7 Å². The number of hydrogen-bond donors (Lipinski definition) is 1. The lowest BCUT2D eigenvalue weighted by Gasteiger charge is -2.26. The van der Waals surface area contributed by atoms with Crippen molar-refractivity contribution >= 4 is 21.6 Å². The summed E-state index contributed by atoms with van der Waals surface area (Å²) >= 11 is 0. The SMILES string of the molecule is O=C(CCc1ccc(S(=O)(=O)N2CCOCC2)cc1)Nc1cccnc1-n1cccn1. The van der Waals surface area contributed by atoms with Gasteiger partial charge in [0.2, 0.25) is 15.9 Å². The highest BCUT2D eigenvalue weighted by Crippen LogP contribution is 2.19. The van der Waals surface area contributed by atoms with Gasteiger partial charge in [-0.15, -0.1) is 0 Å². The summed E-state index contributed by atoms with van der Waals surface area (Å²) in [6, 6.07) is 12.0. The van der Waals surface area contributed by atoms with Crippen LogP contribution in [0.5, 0.6) is 0 Å². The average molecular weight is 442 g/mol. The predicted molar refractivity (Wildman–Crippen MR) is 114 cm³/mol. The van der Waals surface area contributed by atoms with Crippen molar-refractivity contribution in [1.82, 2.24) is 19.1 Å². The molecule has 3 heterocycles. The van der Waals surface area contributed by atoms with Crippen molar-refractivity contribution in [2.75, 3.05) is 31.6 Å². The zero-order valence-electron chi connectivity index (χ0n) is 16.8. The average Bonchev–Trinajstić information content (AvgIpc) is 3.34. The van der Waals surface area contributed by atoms with E-state index in [-0.39, 0.29) is 17.2 Å². The number of morpholine rings is 1. The molecule has 0 radical (unpaired) electrons. The Bertz CT molecular complexity index is 1120. The minimum Gasteiger partial charge on any atom is -0.379 e. The quantitative estimate of drug-likeness (QED) is 0.600. The molecule has 0 unspecified atom stereocenters. The van der Waals surface area contributed by atoms with E-state index in [0.29, 0.717) is 44.2 Å². The van der Waals surface area contributed by atoms with Crippen molar-refractivity contribution in [3.05, 3.63) is 66.6 Å². The van der Waals surface area contributed by atoms with Gasteiger partial charge < -0.3 is 10.1 Å². The summed E-state index contributed by atoms with van der Waals surface area (Å²) in [7, 11) is -3.52. The Hall–Kier alpha value is -3.08. The molecule has 0 spiro atoms. The maximum atomic E-state index is 12.7. The first-order chi connectivity index (χ1) is 15.0. The summed E-state index contributed by atoms with van der Waals surface area (Å²) in [5.41, 5.74) is 1.46. The van der Waals surface area contributed by atoms with E-state index in [0.717, 1.165) is 5.56 Å². The summed E-state index contributed by atoms with van der Waals surface area (Å²) in [6.45, 7) is 1.54. The van der Waals surface area contributed by atoms with Crippen molar-refractivity contribution < 1.29 is 17.9 Å². The predicted octanol–water partition coefficient (Wildman–Crippen LogP) is 1.86. The van der Waals surface area contributed by atoms with Crippen LogP contribution in [0.4, 0.5) is 5.69 Å². The van der Waals surface area contributed by atoms with Gasteiger partial charge in [-0.1, -0.05) is 12.1 Å². The van der Waals surface area contributed by atoms with Crippen molar-refractivity contribution in [2.45, 2.75) is 17.7 Å². The highest BCUT2D eigenvalue weighted by Gasteiger charge is 2.26. The Morgan fingerprint density at radius 1 is 1.06 bits per heavy atom. The summed E-state index contributed by atoms with van der Waals surface area (Å²) < 4.78 is 33.6. The van der Waals surface area contributed by atoms with Crippen molar-refractivity contribution in [1.29, 1.82) is 0 Å². The molecular weight excluding hydrogens is 418 g/mol. The number of anilines is 1. The monoisotopic (exact) mass is 441 g/mol. The standard InChI is InChI=1S/C21H23N5O4S/c27-20(24-19-3-1-10-22-21(19)26-12-2-11-23-26)9-6-17-4-7-18(8-5-17)31(28,29)25-13-15-30-16-14-25/h1-5,7-8,10-12H,6,9,13-16H2,(H,24,27). The second-order valence-corrected chi connectivity index (χ2v) is 8.97. The maximum absolute atomic E-state index is 12.7. The molecule has 1 aromatic carbocycles. The number of hydrogen-bond acceptors (Lipinski definition) is 6. The van der Waals surface area contributed by atoms with Crippen LogP contribution in [0.3, 0.4) is 0 Å². The molecule has 1 aliphatic rings. The van der Waals surface area contributed by atoms with E-state index >= 15 is 0 Å². The number of pyridine rings is 1. The minimum atomic E-state index is -3.52. The van der Waals surface area contributed by atoms with Crippen LogP contribution in [0.15, 0.2) is 66.0 Å². The summed E-state index contributed by atoms with van der Waals surface area (Å²) in [4.78, 5) is 17.0. The normalized spacial score (nSPS) is 15.0. The van der Waals surface area contributed by atoms with E-state index in [9.17, 15) is 13.2 Å². The van der Waals surface area contributed by atoms with E-state index < -0.39 is 10.0 Å². The van der Waals surface area contributed by atoms with Crippen LogP contribution < -0.4 is 5.32 Å². The number of nitrogens with zero attached hydrogens (tertiary/aromatic N) is 4. The fourth-order valence-electron chi connectivity index (χ4n) is 3.31. The van der Waals surface area contributed by atoms with Crippen LogP contribution in [-0.4, -0.2) is 59.7 Å². The topological polar surface area (TPSA) is 106 Å². The number of benzene rings is 1. The van der Waals surface area contributed by atoms with Gasteiger partial charge >= 0.3 is 0 Å². The molecule has 1 N–H and O–H groups in total. The molecule has 10 heteroatoms. The lowest BCUT2D eigenvalue weighted by molar-refractivity contribution is -0.116. The van der Waals surface area contributed by atoms with Crippen LogP contribution in [-0.2, 0) is 26.0 Å². The van der Waals surface area contributed by atoms with Gasteiger partial charge in [-0.2, -0.15) is 9.40 Å². The third-order valence-electron chi connectivity index (χ3n) is 4.95. The molecule has 0 saturated carbocycles. The molecule has 4 rings (SSSR count). The number of sulfonamides is 1. The highest BCUT2D eigenvalue weighted by atomic mass is 32.2. The van der Waals surface area contributed by atoms with Crippen LogP contribution in [0.25, 0.3) is 5.82 Å². The number of carbonyl (C=O) groups is 1. The molecule has 162 valence electrons. The summed E-state index contributed by atoms with van der Waals surface area (Å²) in [5, 5.41) is 7.02. The molecule has 3 aromatic rings. The first-order valence-electron chi connectivity index (χ1n) is 9.96. The highest BCUT2D eigenvalue weighted by molar-refractivity contribution is 7.89. The Balaban J connectivity index is 1.36. The molecule has 1 amide bonds. The molecule has 1 saturated heterocycles. The molecule has 0 aliphatic carbocycles. The third kappa shape index (κ3) is 4.98. The van der Waals surface area contributed by atoms with Gasteiger partial charge in [-0.25, -0.2) is 18.1 Å². The Morgan fingerprint density at radius 2 is 1.84 bits per heavy atom. The molecule has 9 nitrogen and oxygen atoms in total. The van der Waals surface area contributed by atoms with Crippen molar-refractivity contribution in [3.8, 4) is 5.82 Å². The molecule has 2 aromatic heterocycles. The smallest absolute Gasteiger partial charge is 0.243 e. The van der Waals surface area contributed by atoms with Crippen LogP contribution >= 0.6 is 0 Å². The Labute approximate surface area is 180 Å². The first-order valence-corrected chi connectivity index (χ1v) is 11.4. The second kappa shape index (κ2) is 9.38. The number of aromatic nitrogens is 3. The molecule has 0 bridgehead atoms.